The molecule has 0 aromatic heterocycles. The Hall–Kier alpha value is -1.53. The van der Waals surface area contributed by atoms with E-state index in [0.29, 0.717) is 6.54 Å². The molecule has 17 heavy (non-hydrogen) atoms. The van der Waals surface area contributed by atoms with E-state index in [1.54, 1.807) is 0 Å². The predicted octanol–water partition coefficient (Wildman–Crippen LogP) is 2.96. The molecular weight excluding hydrogens is 241 g/mol. The minimum atomic E-state index is -0.467. The van der Waals surface area contributed by atoms with Crippen molar-refractivity contribution in [3.63, 3.8) is 0 Å². The van der Waals surface area contributed by atoms with Gasteiger partial charge in [-0.05, 0) is 24.6 Å². The molecule has 0 bridgehead atoms. The molecule has 0 aliphatic carbocycles. The van der Waals surface area contributed by atoms with Gasteiger partial charge in [0.1, 0.15) is 5.82 Å². The van der Waals surface area contributed by atoms with Crippen LogP contribution in [0.4, 0.5) is 4.39 Å². The van der Waals surface area contributed by atoms with Gasteiger partial charge in [-0.1, -0.05) is 24.4 Å². The maximum absolute atomic E-state index is 12.9. The Morgan fingerprint density at radius 2 is 2.29 bits per heavy atom. The Kier molecular flexibility index (Phi) is 4.99. The standard InChI is InChI=1S/C13H13ClFNO/c1-3-7-16(8-4-2)13(17)11-6-5-10(15)9-12(11)14/h1,5-6,9H,4,7-8H2,2H3. The summed E-state index contributed by atoms with van der Waals surface area (Å²) in [6, 6.07) is 3.70. The molecule has 0 N–H and O–H groups in total. The van der Waals surface area contributed by atoms with Gasteiger partial charge in [-0.15, -0.1) is 6.42 Å². The van der Waals surface area contributed by atoms with Crippen LogP contribution < -0.4 is 0 Å². The average molecular weight is 254 g/mol. The molecule has 1 aromatic carbocycles. The number of hydrogen-bond donors (Lipinski definition) is 0. The third-order valence-electron chi connectivity index (χ3n) is 2.22. The lowest BCUT2D eigenvalue weighted by atomic mass is 10.2. The molecule has 0 fully saturated rings. The summed E-state index contributed by atoms with van der Waals surface area (Å²) in [5.41, 5.74) is 0.275. The molecule has 0 aliphatic rings. The van der Waals surface area contributed by atoms with Gasteiger partial charge in [-0.3, -0.25) is 4.79 Å². The molecule has 2 nitrogen and oxygen atoms in total. The van der Waals surface area contributed by atoms with Gasteiger partial charge in [0.15, 0.2) is 0 Å². The van der Waals surface area contributed by atoms with Crippen LogP contribution in [0.25, 0.3) is 0 Å². The van der Waals surface area contributed by atoms with Crippen molar-refractivity contribution < 1.29 is 9.18 Å². The molecule has 0 saturated heterocycles. The summed E-state index contributed by atoms with van der Waals surface area (Å²) in [4.78, 5) is 13.6. The van der Waals surface area contributed by atoms with E-state index in [9.17, 15) is 9.18 Å². The van der Waals surface area contributed by atoms with Crippen LogP contribution in [0.2, 0.25) is 5.02 Å². The maximum atomic E-state index is 12.9. The first-order valence-electron chi connectivity index (χ1n) is 5.28. The second-order valence-corrected chi connectivity index (χ2v) is 3.96. The normalized spacial score (nSPS) is 9.76. The van der Waals surface area contributed by atoms with E-state index in [4.69, 9.17) is 18.0 Å². The van der Waals surface area contributed by atoms with E-state index in [1.165, 1.54) is 17.0 Å². The van der Waals surface area contributed by atoms with Gasteiger partial charge in [0.2, 0.25) is 0 Å². The first-order valence-corrected chi connectivity index (χ1v) is 5.65. The van der Waals surface area contributed by atoms with Gasteiger partial charge in [-0.2, -0.15) is 0 Å². The zero-order valence-electron chi connectivity index (χ0n) is 9.54. The highest BCUT2D eigenvalue weighted by Gasteiger charge is 2.17. The smallest absolute Gasteiger partial charge is 0.256 e. The van der Waals surface area contributed by atoms with E-state index in [-0.39, 0.29) is 23.0 Å². The van der Waals surface area contributed by atoms with Crippen LogP contribution in [0.1, 0.15) is 23.7 Å². The first-order chi connectivity index (χ1) is 8.10. The molecule has 1 amide bonds. The highest BCUT2D eigenvalue weighted by molar-refractivity contribution is 6.33. The lowest BCUT2D eigenvalue weighted by Crippen LogP contribution is -2.32. The lowest BCUT2D eigenvalue weighted by Gasteiger charge is -2.19. The van der Waals surface area contributed by atoms with Gasteiger partial charge in [0, 0.05) is 6.54 Å². The molecule has 0 spiro atoms. The SMILES string of the molecule is C#CCN(CCC)C(=O)c1ccc(F)cc1Cl. The molecule has 1 aromatic rings. The van der Waals surface area contributed by atoms with Crippen LogP contribution >= 0.6 is 11.6 Å². The molecule has 0 saturated carbocycles. The second kappa shape index (κ2) is 6.27. The summed E-state index contributed by atoms with van der Waals surface area (Å²) in [7, 11) is 0. The number of nitrogens with zero attached hydrogens (tertiary/aromatic N) is 1. The average Bonchev–Trinajstić information content (AvgIpc) is 2.28. The fraction of sp³-hybridized carbons (Fsp3) is 0.308. The van der Waals surface area contributed by atoms with Crippen molar-refractivity contribution in [2.45, 2.75) is 13.3 Å². The van der Waals surface area contributed by atoms with Gasteiger partial charge >= 0.3 is 0 Å². The maximum Gasteiger partial charge on any atom is 0.256 e. The Labute approximate surface area is 105 Å². The Bertz CT molecular complexity index is 453. The molecule has 0 atom stereocenters. The monoisotopic (exact) mass is 253 g/mol. The third-order valence-corrected chi connectivity index (χ3v) is 2.54. The number of terminal acetylenes is 1. The van der Waals surface area contributed by atoms with Crippen molar-refractivity contribution in [1.29, 1.82) is 0 Å². The number of benzene rings is 1. The topological polar surface area (TPSA) is 20.3 Å². The van der Waals surface area contributed by atoms with Crippen LogP contribution in [0.5, 0.6) is 0 Å². The van der Waals surface area contributed by atoms with Crippen LogP contribution in [0.15, 0.2) is 18.2 Å². The highest BCUT2D eigenvalue weighted by atomic mass is 35.5. The quantitative estimate of drug-likeness (QED) is 0.756. The van der Waals surface area contributed by atoms with Crippen molar-refractivity contribution in [3.8, 4) is 12.3 Å². The lowest BCUT2D eigenvalue weighted by molar-refractivity contribution is 0.0777. The molecular formula is C13H13ClFNO. The predicted molar refractivity (Wildman–Crippen MR) is 66.4 cm³/mol. The van der Waals surface area contributed by atoms with Crippen molar-refractivity contribution in [2.75, 3.05) is 13.1 Å². The summed E-state index contributed by atoms with van der Waals surface area (Å²) in [6.07, 6.45) is 6.00. The second-order valence-electron chi connectivity index (χ2n) is 3.56. The number of rotatable bonds is 4. The fourth-order valence-corrected chi connectivity index (χ4v) is 1.71. The Morgan fingerprint density at radius 3 is 2.82 bits per heavy atom. The highest BCUT2D eigenvalue weighted by Crippen LogP contribution is 2.19. The molecule has 1 rings (SSSR count). The summed E-state index contributed by atoms with van der Waals surface area (Å²) in [6.45, 7) is 2.72. The number of amides is 1. The van der Waals surface area contributed by atoms with Crippen LogP contribution in [0.3, 0.4) is 0 Å². The van der Waals surface area contributed by atoms with Crippen LogP contribution in [-0.4, -0.2) is 23.9 Å². The molecule has 0 unspecified atom stereocenters. The van der Waals surface area contributed by atoms with Gasteiger partial charge in [0.25, 0.3) is 5.91 Å². The van der Waals surface area contributed by atoms with Crippen LogP contribution in [-0.2, 0) is 0 Å². The van der Waals surface area contributed by atoms with E-state index >= 15 is 0 Å². The molecule has 4 heteroatoms. The number of halogens is 2. The third kappa shape index (κ3) is 3.47. The zero-order chi connectivity index (χ0) is 12.8. The summed E-state index contributed by atoms with van der Waals surface area (Å²) < 4.78 is 12.9. The molecule has 0 radical (unpaired) electrons. The van der Waals surface area contributed by atoms with Crippen molar-refractivity contribution in [3.05, 3.63) is 34.6 Å². The summed E-state index contributed by atoms with van der Waals surface area (Å²) in [5.74, 6) is 1.69. The van der Waals surface area contributed by atoms with E-state index in [1.807, 2.05) is 6.92 Å². The molecule has 0 aliphatic heterocycles. The van der Waals surface area contributed by atoms with Crippen LogP contribution in [0, 0.1) is 18.2 Å². The molecule has 90 valence electrons. The minimum absolute atomic E-state index is 0.105. The minimum Gasteiger partial charge on any atom is -0.327 e. The summed E-state index contributed by atoms with van der Waals surface area (Å²) >= 11 is 5.83. The van der Waals surface area contributed by atoms with E-state index in [2.05, 4.69) is 5.92 Å². The van der Waals surface area contributed by atoms with E-state index < -0.39 is 5.82 Å². The first kappa shape index (κ1) is 13.5. The van der Waals surface area contributed by atoms with E-state index in [0.717, 1.165) is 12.5 Å². The number of carbonyl (C=O) groups is 1. The zero-order valence-corrected chi connectivity index (χ0v) is 10.3. The van der Waals surface area contributed by atoms with Crippen molar-refractivity contribution in [2.24, 2.45) is 0 Å². The molecule has 0 heterocycles. The summed E-state index contributed by atoms with van der Waals surface area (Å²) in [5, 5.41) is 0.105. The Balaban J connectivity index is 2.97. The van der Waals surface area contributed by atoms with Gasteiger partial charge < -0.3 is 4.90 Å². The number of hydrogen-bond acceptors (Lipinski definition) is 1. The Morgan fingerprint density at radius 1 is 1.59 bits per heavy atom. The number of carbonyl (C=O) groups excluding carboxylic acids is 1. The van der Waals surface area contributed by atoms with Gasteiger partial charge in [-0.25, -0.2) is 4.39 Å². The van der Waals surface area contributed by atoms with Crippen molar-refractivity contribution in [1.82, 2.24) is 4.90 Å². The fourth-order valence-electron chi connectivity index (χ4n) is 1.47. The van der Waals surface area contributed by atoms with Gasteiger partial charge in [0.05, 0.1) is 17.1 Å². The largest absolute Gasteiger partial charge is 0.327 e. The van der Waals surface area contributed by atoms with Crippen molar-refractivity contribution >= 4 is 17.5 Å².